The van der Waals surface area contributed by atoms with Crippen LogP contribution in [-0.4, -0.2) is 9.91 Å². The molecule has 0 aliphatic carbocycles. The number of hydrogen-bond acceptors (Lipinski definition) is 5. The summed E-state index contributed by atoms with van der Waals surface area (Å²) in [5.74, 6) is -0.543. The van der Waals surface area contributed by atoms with Gasteiger partial charge in [0.25, 0.3) is 0 Å². The highest BCUT2D eigenvalue weighted by Gasteiger charge is 2.17. The van der Waals surface area contributed by atoms with Gasteiger partial charge in [-0.05, 0) is 12.1 Å². The van der Waals surface area contributed by atoms with Crippen molar-refractivity contribution in [2.45, 2.75) is 0 Å². The average molecular weight is 249 g/mol. The Labute approximate surface area is 101 Å². The Balaban J connectivity index is 2.37. The van der Waals surface area contributed by atoms with Gasteiger partial charge in [0.15, 0.2) is 0 Å². The van der Waals surface area contributed by atoms with Crippen molar-refractivity contribution in [3.8, 4) is 11.5 Å². The van der Waals surface area contributed by atoms with E-state index in [2.05, 4.69) is 4.98 Å². The lowest BCUT2D eigenvalue weighted by Crippen LogP contribution is -1.95. The molecule has 0 bridgehead atoms. The maximum absolute atomic E-state index is 12.9. The number of rotatable bonds is 3. The van der Waals surface area contributed by atoms with Gasteiger partial charge >= 0.3 is 5.69 Å². The molecular weight excluding hydrogens is 241 g/mol. The first kappa shape index (κ1) is 11.8. The third-order valence-corrected chi connectivity index (χ3v) is 2.08. The quantitative estimate of drug-likeness (QED) is 0.666. The minimum atomic E-state index is -0.724. The van der Waals surface area contributed by atoms with Gasteiger partial charge in [-0.3, -0.25) is 15.1 Å². The zero-order valence-electron chi connectivity index (χ0n) is 9.04. The molecule has 2 aromatic rings. The first-order valence-corrected chi connectivity index (χ1v) is 4.88. The zero-order chi connectivity index (χ0) is 13.1. The first-order chi connectivity index (χ1) is 8.56. The molecule has 0 unspecified atom stereocenters. The summed E-state index contributed by atoms with van der Waals surface area (Å²) in [6.45, 7) is 0. The summed E-state index contributed by atoms with van der Waals surface area (Å²) in [4.78, 5) is 13.8. The second-order valence-corrected chi connectivity index (χ2v) is 3.43. The lowest BCUT2D eigenvalue weighted by molar-refractivity contribution is -0.385. The number of pyridine rings is 1. The van der Waals surface area contributed by atoms with Gasteiger partial charge in [0.2, 0.25) is 5.75 Å². The molecule has 0 saturated carbocycles. The summed E-state index contributed by atoms with van der Waals surface area (Å²) in [6.07, 6.45) is 2.76. The molecule has 1 heterocycles. The summed E-state index contributed by atoms with van der Waals surface area (Å²) in [5, 5.41) is 10.7. The minimum absolute atomic E-state index is 0.0752. The van der Waals surface area contributed by atoms with Crippen LogP contribution in [0.15, 0.2) is 36.7 Å². The molecule has 6 nitrogen and oxygen atoms in total. The van der Waals surface area contributed by atoms with E-state index in [1.54, 1.807) is 0 Å². The largest absolute Gasteiger partial charge is 0.448 e. The van der Waals surface area contributed by atoms with Crippen molar-refractivity contribution < 1.29 is 14.1 Å². The molecule has 0 amide bonds. The van der Waals surface area contributed by atoms with Crippen LogP contribution in [0.3, 0.4) is 0 Å². The first-order valence-electron chi connectivity index (χ1n) is 4.88. The van der Waals surface area contributed by atoms with Crippen LogP contribution in [0, 0.1) is 15.9 Å². The maximum atomic E-state index is 12.9. The Bertz CT molecular complexity index is 604. The molecule has 1 aromatic heterocycles. The lowest BCUT2D eigenvalue weighted by Gasteiger charge is -2.06. The fourth-order valence-electron chi connectivity index (χ4n) is 1.34. The number of nitro groups is 1. The molecule has 0 aliphatic rings. The number of halogens is 1. The Hall–Kier alpha value is -2.70. The third kappa shape index (κ3) is 2.51. The van der Waals surface area contributed by atoms with Gasteiger partial charge in [-0.1, -0.05) is 0 Å². The van der Waals surface area contributed by atoms with Gasteiger partial charge in [-0.25, -0.2) is 4.39 Å². The van der Waals surface area contributed by atoms with Crippen molar-refractivity contribution in [1.29, 1.82) is 0 Å². The summed E-state index contributed by atoms with van der Waals surface area (Å²) in [7, 11) is 0. The van der Waals surface area contributed by atoms with Crippen LogP contribution in [-0.2, 0) is 0 Å². The fraction of sp³-hybridized carbons (Fsp3) is 0. The molecule has 0 fully saturated rings. The van der Waals surface area contributed by atoms with Crippen LogP contribution in [0.2, 0.25) is 0 Å². The number of hydrogen-bond donors (Lipinski definition) is 1. The Morgan fingerprint density at radius 3 is 2.78 bits per heavy atom. The van der Waals surface area contributed by atoms with Crippen molar-refractivity contribution in [1.82, 2.24) is 4.98 Å². The van der Waals surface area contributed by atoms with Gasteiger partial charge in [0.1, 0.15) is 11.6 Å². The van der Waals surface area contributed by atoms with E-state index in [-0.39, 0.29) is 11.5 Å². The molecule has 0 aliphatic heterocycles. The van der Waals surface area contributed by atoms with Crippen molar-refractivity contribution in [2.24, 2.45) is 0 Å². The predicted molar refractivity (Wildman–Crippen MR) is 61.8 cm³/mol. The van der Waals surface area contributed by atoms with E-state index in [0.29, 0.717) is 5.69 Å². The van der Waals surface area contributed by atoms with Crippen LogP contribution < -0.4 is 10.5 Å². The van der Waals surface area contributed by atoms with Crippen LogP contribution in [0.25, 0.3) is 0 Å². The van der Waals surface area contributed by atoms with Crippen LogP contribution in [0.1, 0.15) is 0 Å². The van der Waals surface area contributed by atoms with Crippen LogP contribution >= 0.6 is 0 Å². The number of benzene rings is 1. The SMILES string of the molecule is Nc1cncc(Oc2ccc(F)cc2[N+](=O)[O-])c1. The van der Waals surface area contributed by atoms with Crippen LogP contribution in [0.5, 0.6) is 11.5 Å². The normalized spacial score (nSPS) is 10.1. The average Bonchev–Trinajstić information content (AvgIpc) is 2.31. The summed E-state index contributed by atoms with van der Waals surface area (Å²) >= 11 is 0. The standard InChI is InChI=1S/C11H8FN3O3/c12-7-1-2-11(10(3-7)15(16)17)18-9-4-8(13)5-14-6-9/h1-6H,13H2. The molecule has 0 atom stereocenters. The van der Waals surface area contributed by atoms with Crippen LogP contribution in [0.4, 0.5) is 15.8 Å². The molecule has 1 aromatic carbocycles. The van der Waals surface area contributed by atoms with E-state index >= 15 is 0 Å². The predicted octanol–water partition coefficient (Wildman–Crippen LogP) is 2.50. The number of ether oxygens (including phenoxy) is 1. The van der Waals surface area contributed by atoms with E-state index in [0.717, 1.165) is 12.1 Å². The van der Waals surface area contributed by atoms with E-state index in [4.69, 9.17) is 10.5 Å². The minimum Gasteiger partial charge on any atom is -0.448 e. The zero-order valence-corrected chi connectivity index (χ0v) is 9.04. The van der Waals surface area contributed by atoms with Gasteiger partial charge in [0.05, 0.1) is 29.1 Å². The molecule has 0 radical (unpaired) electrons. The van der Waals surface area contributed by atoms with Gasteiger partial charge in [-0.2, -0.15) is 0 Å². The van der Waals surface area contributed by atoms with Gasteiger partial charge in [-0.15, -0.1) is 0 Å². The van der Waals surface area contributed by atoms with Crippen molar-refractivity contribution in [3.05, 3.63) is 52.6 Å². The Morgan fingerprint density at radius 2 is 2.11 bits per heavy atom. The number of nitrogens with two attached hydrogens (primary N) is 1. The summed E-state index contributed by atoms with van der Waals surface area (Å²) < 4.78 is 18.2. The molecule has 2 N–H and O–H groups in total. The van der Waals surface area contributed by atoms with Gasteiger partial charge in [0, 0.05) is 6.07 Å². The Morgan fingerprint density at radius 1 is 1.33 bits per heavy atom. The molecule has 92 valence electrons. The third-order valence-electron chi connectivity index (χ3n) is 2.08. The van der Waals surface area contributed by atoms with E-state index in [1.165, 1.54) is 24.5 Å². The number of nitrogen functional groups attached to an aromatic ring is 1. The van der Waals surface area contributed by atoms with E-state index < -0.39 is 16.4 Å². The van der Waals surface area contributed by atoms with E-state index in [1.807, 2.05) is 0 Å². The van der Waals surface area contributed by atoms with Crippen molar-refractivity contribution in [3.63, 3.8) is 0 Å². The molecular formula is C11H8FN3O3. The Kier molecular flexibility index (Phi) is 3.05. The van der Waals surface area contributed by atoms with Crippen molar-refractivity contribution in [2.75, 3.05) is 5.73 Å². The summed E-state index contributed by atoms with van der Waals surface area (Å²) in [5.41, 5.74) is 5.40. The van der Waals surface area contributed by atoms with E-state index in [9.17, 15) is 14.5 Å². The molecule has 0 saturated heterocycles. The monoisotopic (exact) mass is 249 g/mol. The summed E-state index contributed by atoms with van der Waals surface area (Å²) in [6, 6.07) is 4.49. The molecule has 7 heteroatoms. The maximum Gasteiger partial charge on any atom is 0.314 e. The molecule has 0 spiro atoms. The fourth-order valence-corrected chi connectivity index (χ4v) is 1.34. The smallest absolute Gasteiger partial charge is 0.314 e. The number of nitro benzene ring substituents is 1. The topological polar surface area (TPSA) is 91.3 Å². The number of aromatic nitrogens is 1. The second kappa shape index (κ2) is 4.66. The highest BCUT2D eigenvalue weighted by atomic mass is 19.1. The second-order valence-electron chi connectivity index (χ2n) is 3.43. The van der Waals surface area contributed by atoms with Gasteiger partial charge < -0.3 is 10.5 Å². The lowest BCUT2D eigenvalue weighted by atomic mass is 10.3. The number of anilines is 1. The molecule has 2 rings (SSSR count). The molecule has 18 heavy (non-hydrogen) atoms. The number of nitrogens with zero attached hydrogens (tertiary/aromatic N) is 2. The highest BCUT2D eigenvalue weighted by Crippen LogP contribution is 2.31. The van der Waals surface area contributed by atoms with Crippen molar-refractivity contribution >= 4 is 11.4 Å². The highest BCUT2D eigenvalue weighted by molar-refractivity contribution is 5.49.